The van der Waals surface area contributed by atoms with Crippen molar-refractivity contribution in [2.75, 3.05) is 5.32 Å². The SMILES string of the molecule is CCC(CC)c1cc[n+](CC(=O)Nc2ccccc2I)cc1. The van der Waals surface area contributed by atoms with Gasteiger partial charge in [0.1, 0.15) is 0 Å². The molecule has 116 valence electrons. The summed E-state index contributed by atoms with van der Waals surface area (Å²) in [5.74, 6) is 0.596. The van der Waals surface area contributed by atoms with Crippen LogP contribution in [0.5, 0.6) is 0 Å². The van der Waals surface area contributed by atoms with Crippen LogP contribution in [0.4, 0.5) is 5.69 Å². The molecule has 1 aromatic heterocycles. The second-order valence-corrected chi connectivity index (χ2v) is 6.51. The number of rotatable bonds is 6. The summed E-state index contributed by atoms with van der Waals surface area (Å²) in [5.41, 5.74) is 2.21. The predicted molar refractivity (Wildman–Crippen MR) is 97.7 cm³/mol. The van der Waals surface area contributed by atoms with Gasteiger partial charge in [0, 0.05) is 15.7 Å². The topological polar surface area (TPSA) is 33.0 Å². The number of hydrogen-bond donors (Lipinski definition) is 1. The molecule has 0 bridgehead atoms. The minimum Gasteiger partial charge on any atom is -0.320 e. The fourth-order valence-corrected chi connectivity index (χ4v) is 3.05. The maximum absolute atomic E-state index is 12.1. The molecule has 0 aliphatic heterocycles. The number of benzene rings is 1. The number of carbonyl (C=O) groups excluding carboxylic acids is 1. The van der Waals surface area contributed by atoms with Crippen molar-refractivity contribution in [3.8, 4) is 0 Å². The van der Waals surface area contributed by atoms with Crippen molar-refractivity contribution < 1.29 is 9.36 Å². The first-order valence-electron chi connectivity index (χ1n) is 7.67. The van der Waals surface area contributed by atoms with E-state index < -0.39 is 0 Å². The number of carbonyl (C=O) groups is 1. The van der Waals surface area contributed by atoms with Gasteiger partial charge in [-0.05, 0) is 59.0 Å². The predicted octanol–water partition coefficient (Wildman–Crippen LogP) is 4.12. The molecular formula is C18H22IN2O+. The minimum absolute atomic E-state index is 0.00982. The Morgan fingerprint density at radius 2 is 1.77 bits per heavy atom. The number of hydrogen-bond acceptors (Lipinski definition) is 1. The highest BCUT2D eigenvalue weighted by Gasteiger charge is 2.13. The van der Waals surface area contributed by atoms with Crippen LogP contribution in [0.3, 0.4) is 0 Å². The summed E-state index contributed by atoms with van der Waals surface area (Å²) >= 11 is 2.22. The average molecular weight is 409 g/mol. The highest BCUT2D eigenvalue weighted by atomic mass is 127. The maximum Gasteiger partial charge on any atom is 0.290 e. The Bertz CT molecular complexity index is 621. The van der Waals surface area contributed by atoms with Crippen LogP contribution in [0, 0.1) is 3.57 Å². The first-order chi connectivity index (χ1) is 10.6. The van der Waals surface area contributed by atoms with Crippen LogP contribution < -0.4 is 9.88 Å². The smallest absolute Gasteiger partial charge is 0.290 e. The fraction of sp³-hybridized carbons (Fsp3) is 0.333. The Morgan fingerprint density at radius 1 is 1.14 bits per heavy atom. The van der Waals surface area contributed by atoms with Crippen LogP contribution in [-0.4, -0.2) is 5.91 Å². The summed E-state index contributed by atoms with van der Waals surface area (Å²) in [4.78, 5) is 12.1. The largest absolute Gasteiger partial charge is 0.320 e. The van der Waals surface area contributed by atoms with Gasteiger partial charge in [-0.3, -0.25) is 4.79 Å². The van der Waals surface area contributed by atoms with Crippen molar-refractivity contribution in [3.05, 3.63) is 57.9 Å². The first kappa shape index (κ1) is 16.9. The second-order valence-electron chi connectivity index (χ2n) is 5.35. The van der Waals surface area contributed by atoms with Crippen LogP contribution in [-0.2, 0) is 11.3 Å². The third-order valence-electron chi connectivity index (χ3n) is 3.85. The molecule has 22 heavy (non-hydrogen) atoms. The van der Waals surface area contributed by atoms with E-state index in [2.05, 4.69) is 53.9 Å². The van der Waals surface area contributed by atoms with E-state index in [9.17, 15) is 4.79 Å². The van der Waals surface area contributed by atoms with Gasteiger partial charge >= 0.3 is 0 Å². The van der Waals surface area contributed by atoms with Gasteiger partial charge in [0.25, 0.3) is 5.91 Å². The lowest BCUT2D eigenvalue weighted by Crippen LogP contribution is -2.39. The summed E-state index contributed by atoms with van der Waals surface area (Å²) in [6.07, 6.45) is 6.27. The Kier molecular flexibility index (Phi) is 6.36. The number of anilines is 1. The van der Waals surface area contributed by atoms with E-state index >= 15 is 0 Å². The van der Waals surface area contributed by atoms with E-state index in [0.717, 1.165) is 22.1 Å². The Balaban J connectivity index is 1.99. The van der Waals surface area contributed by atoms with Crippen molar-refractivity contribution in [1.29, 1.82) is 0 Å². The normalized spacial score (nSPS) is 10.7. The Hall–Kier alpha value is -1.43. The second kappa shape index (κ2) is 8.27. The lowest BCUT2D eigenvalue weighted by molar-refractivity contribution is -0.684. The van der Waals surface area contributed by atoms with Gasteiger partial charge in [-0.1, -0.05) is 26.0 Å². The van der Waals surface area contributed by atoms with Crippen molar-refractivity contribution in [2.24, 2.45) is 0 Å². The third kappa shape index (κ3) is 4.53. The van der Waals surface area contributed by atoms with Crippen molar-refractivity contribution in [2.45, 2.75) is 39.2 Å². The minimum atomic E-state index is -0.00982. The molecule has 0 aliphatic rings. The molecule has 1 heterocycles. The molecule has 2 aromatic rings. The molecule has 0 radical (unpaired) electrons. The number of halogens is 1. The first-order valence-corrected chi connectivity index (χ1v) is 8.75. The molecule has 1 aromatic carbocycles. The quantitative estimate of drug-likeness (QED) is 0.565. The number of nitrogens with zero attached hydrogens (tertiary/aromatic N) is 1. The Labute approximate surface area is 145 Å². The number of aromatic nitrogens is 1. The molecule has 0 fully saturated rings. The van der Waals surface area contributed by atoms with Crippen molar-refractivity contribution in [1.82, 2.24) is 0 Å². The molecule has 0 saturated carbocycles. The van der Waals surface area contributed by atoms with Crippen LogP contribution >= 0.6 is 22.6 Å². The summed E-state index contributed by atoms with van der Waals surface area (Å²) in [6.45, 7) is 4.75. The van der Waals surface area contributed by atoms with E-state index in [-0.39, 0.29) is 5.91 Å². The van der Waals surface area contributed by atoms with Gasteiger partial charge in [-0.15, -0.1) is 0 Å². The number of pyridine rings is 1. The summed E-state index contributed by atoms with van der Waals surface area (Å²) in [5, 5.41) is 2.95. The van der Waals surface area contributed by atoms with E-state index in [1.54, 1.807) is 0 Å². The van der Waals surface area contributed by atoms with Gasteiger partial charge in [-0.2, -0.15) is 4.57 Å². The highest BCUT2D eigenvalue weighted by Crippen LogP contribution is 2.21. The van der Waals surface area contributed by atoms with E-state index in [4.69, 9.17) is 0 Å². The van der Waals surface area contributed by atoms with Crippen molar-refractivity contribution >= 4 is 34.2 Å². The van der Waals surface area contributed by atoms with Gasteiger partial charge in [-0.25, -0.2) is 0 Å². The standard InChI is InChI=1S/C18H21IN2O/c1-3-14(4-2)15-9-11-21(12-10-15)13-18(22)20-17-8-6-5-7-16(17)19/h5-12,14H,3-4,13H2,1-2H3/p+1. The van der Waals surface area contributed by atoms with Crippen LogP contribution in [0.25, 0.3) is 0 Å². The number of nitrogens with one attached hydrogen (secondary N) is 1. The lowest BCUT2D eigenvalue weighted by atomic mass is 9.95. The van der Waals surface area contributed by atoms with Crippen LogP contribution in [0.1, 0.15) is 38.2 Å². The molecule has 0 aliphatic carbocycles. The monoisotopic (exact) mass is 409 g/mol. The highest BCUT2D eigenvalue weighted by molar-refractivity contribution is 14.1. The average Bonchev–Trinajstić information content (AvgIpc) is 2.52. The maximum atomic E-state index is 12.1. The summed E-state index contributed by atoms with van der Waals surface area (Å²) < 4.78 is 2.96. The van der Waals surface area contributed by atoms with Gasteiger partial charge in [0.15, 0.2) is 12.4 Å². The lowest BCUT2D eigenvalue weighted by Gasteiger charge is -2.11. The zero-order chi connectivity index (χ0) is 15.9. The summed E-state index contributed by atoms with van der Waals surface area (Å²) in [7, 11) is 0. The number of para-hydroxylation sites is 1. The molecular weight excluding hydrogens is 387 g/mol. The molecule has 2 rings (SSSR count). The van der Waals surface area contributed by atoms with Gasteiger partial charge in [0.05, 0.1) is 5.69 Å². The van der Waals surface area contributed by atoms with E-state index in [1.165, 1.54) is 5.56 Å². The molecule has 0 atom stereocenters. The molecule has 1 N–H and O–H groups in total. The van der Waals surface area contributed by atoms with Gasteiger partial charge in [0.2, 0.25) is 6.54 Å². The third-order valence-corrected chi connectivity index (χ3v) is 4.79. The molecule has 0 unspecified atom stereocenters. The zero-order valence-corrected chi connectivity index (χ0v) is 15.2. The Morgan fingerprint density at radius 3 is 2.36 bits per heavy atom. The van der Waals surface area contributed by atoms with Crippen LogP contribution in [0.15, 0.2) is 48.8 Å². The molecule has 0 saturated heterocycles. The van der Waals surface area contributed by atoms with Crippen LogP contribution in [0.2, 0.25) is 0 Å². The molecule has 1 amide bonds. The van der Waals surface area contributed by atoms with Crippen molar-refractivity contribution in [3.63, 3.8) is 0 Å². The van der Waals surface area contributed by atoms with E-state index in [1.807, 2.05) is 41.2 Å². The molecule has 0 spiro atoms. The molecule has 4 heteroatoms. The van der Waals surface area contributed by atoms with E-state index in [0.29, 0.717) is 12.5 Å². The zero-order valence-electron chi connectivity index (χ0n) is 13.1. The number of amides is 1. The fourth-order valence-electron chi connectivity index (χ4n) is 2.52. The van der Waals surface area contributed by atoms with Gasteiger partial charge < -0.3 is 5.32 Å². The molecule has 3 nitrogen and oxygen atoms in total. The summed E-state index contributed by atoms with van der Waals surface area (Å²) in [6, 6.07) is 12.0.